The lowest BCUT2D eigenvalue weighted by molar-refractivity contribution is 1.27. The molecule has 3 nitrogen and oxygen atoms in total. The minimum atomic E-state index is 0.786. The number of thioether (sulfide) groups is 1. The van der Waals surface area contributed by atoms with Crippen LogP contribution in [0.25, 0.3) is 20.4 Å². The summed E-state index contributed by atoms with van der Waals surface area (Å²) in [5.41, 5.74) is 8.68. The molecule has 2 aromatic heterocycles. The fraction of sp³-hybridized carbons (Fsp3) is 0.0667. The van der Waals surface area contributed by atoms with E-state index in [9.17, 15) is 0 Å². The molecule has 0 amide bonds. The molecule has 2 N–H and O–H groups in total. The maximum atomic E-state index is 5.80. The maximum Gasteiger partial charge on any atom is 0.151 e. The normalized spacial score (nSPS) is 11.4. The average Bonchev–Trinajstić information content (AvgIpc) is 3.07. The van der Waals surface area contributed by atoms with E-state index < -0.39 is 0 Å². The van der Waals surface area contributed by atoms with Crippen LogP contribution in [-0.4, -0.2) is 9.97 Å². The fourth-order valence-electron chi connectivity index (χ4n) is 2.09. The van der Waals surface area contributed by atoms with Gasteiger partial charge in [0.15, 0.2) is 4.34 Å². The van der Waals surface area contributed by atoms with Crippen LogP contribution >= 0.6 is 34.4 Å². The van der Waals surface area contributed by atoms with Gasteiger partial charge in [0, 0.05) is 5.69 Å². The third-order valence-corrected chi connectivity index (χ3v) is 6.44. The Kier molecular flexibility index (Phi) is 3.29. The molecule has 2 aromatic carbocycles. The Labute approximate surface area is 133 Å². The first-order chi connectivity index (χ1) is 10.3. The average molecular weight is 329 g/mol. The van der Waals surface area contributed by atoms with Crippen molar-refractivity contribution in [1.82, 2.24) is 9.97 Å². The number of nitrogen functional groups attached to an aromatic ring is 1. The summed E-state index contributed by atoms with van der Waals surface area (Å²) in [7, 11) is 0. The Morgan fingerprint density at radius 1 is 0.952 bits per heavy atom. The number of thiazole rings is 2. The van der Waals surface area contributed by atoms with Crippen LogP contribution in [0.15, 0.2) is 46.8 Å². The van der Waals surface area contributed by atoms with Gasteiger partial charge in [-0.1, -0.05) is 23.9 Å². The van der Waals surface area contributed by atoms with Gasteiger partial charge in [0.2, 0.25) is 0 Å². The van der Waals surface area contributed by atoms with E-state index in [-0.39, 0.29) is 0 Å². The number of aromatic nitrogens is 2. The Bertz CT molecular complexity index is 893. The lowest BCUT2D eigenvalue weighted by Crippen LogP contribution is -1.81. The smallest absolute Gasteiger partial charge is 0.151 e. The number of nitrogens with two attached hydrogens (primary N) is 1. The van der Waals surface area contributed by atoms with Crippen LogP contribution in [-0.2, 0) is 5.75 Å². The Hall–Kier alpha value is -1.63. The number of fused-ring (bicyclic) bond motifs is 2. The van der Waals surface area contributed by atoms with Crippen LogP contribution in [0, 0.1) is 0 Å². The molecule has 0 saturated carbocycles. The van der Waals surface area contributed by atoms with Crippen molar-refractivity contribution in [3.63, 3.8) is 0 Å². The minimum Gasteiger partial charge on any atom is -0.399 e. The van der Waals surface area contributed by atoms with Crippen LogP contribution in [0.4, 0.5) is 5.69 Å². The zero-order chi connectivity index (χ0) is 14.2. The summed E-state index contributed by atoms with van der Waals surface area (Å²) >= 11 is 5.17. The molecule has 0 bridgehead atoms. The number of hydrogen-bond donors (Lipinski definition) is 1. The summed E-state index contributed by atoms with van der Waals surface area (Å²) < 4.78 is 3.45. The third kappa shape index (κ3) is 2.62. The summed E-state index contributed by atoms with van der Waals surface area (Å²) in [6.07, 6.45) is 0. The largest absolute Gasteiger partial charge is 0.399 e. The molecule has 0 atom stereocenters. The first kappa shape index (κ1) is 13.1. The number of anilines is 1. The van der Waals surface area contributed by atoms with Crippen molar-refractivity contribution >= 4 is 60.6 Å². The number of hydrogen-bond acceptors (Lipinski definition) is 6. The van der Waals surface area contributed by atoms with Gasteiger partial charge in [-0.25, -0.2) is 9.97 Å². The van der Waals surface area contributed by atoms with Crippen LogP contribution < -0.4 is 5.73 Å². The molecular formula is C15H11N3S3. The highest BCUT2D eigenvalue weighted by Gasteiger charge is 2.08. The quantitative estimate of drug-likeness (QED) is 0.434. The van der Waals surface area contributed by atoms with Crippen molar-refractivity contribution < 1.29 is 0 Å². The van der Waals surface area contributed by atoms with Crippen LogP contribution in [0.5, 0.6) is 0 Å². The van der Waals surface area contributed by atoms with Crippen molar-refractivity contribution in [2.24, 2.45) is 0 Å². The van der Waals surface area contributed by atoms with E-state index in [0.717, 1.165) is 36.5 Å². The topological polar surface area (TPSA) is 51.8 Å². The summed E-state index contributed by atoms with van der Waals surface area (Å²) in [6.45, 7) is 0. The van der Waals surface area contributed by atoms with E-state index in [0.29, 0.717) is 0 Å². The predicted octanol–water partition coefficient (Wildman–Crippen LogP) is 4.78. The lowest BCUT2D eigenvalue weighted by atomic mass is 10.3. The molecule has 0 aliphatic heterocycles. The SMILES string of the molecule is Nc1ccc2nc(SCc3nc4ccccc4s3)sc2c1. The zero-order valence-electron chi connectivity index (χ0n) is 10.9. The second-order valence-electron chi connectivity index (χ2n) is 4.57. The van der Waals surface area contributed by atoms with Gasteiger partial charge < -0.3 is 5.73 Å². The summed E-state index contributed by atoms with van der Waals surface area (Å²) in [6, 6.07) is 14.1. The van der Waals surface area contributed by atoms with Gasteiger partial charge >= 0.3 is 0 Å². The first-order valence-corrected chi connectivity index (χ1v) is 9.03. The lowest BCUT2D eigenvalue weighted by Gasteiger charge is -1.91. The molecule has 0 saturated heterocycles. The molecule has 0 spiro atoms. The Morgan fingerprint density at radius 2 is 1.81 bits per heavy atom. The molecule has 6 heteroatoms. The molecule has 2 heterocycles. The molecule has 0 aliphatic carbocycles. The molecule has 0 unspecified atom stereocenters. The van der Waals surface area contributed by atoms with Crippen molar-refractivity contribution in [3.05, 3.63) is 47.5 Å². The van der Waals surface area contributed by atoms with E-state index in [2.05, 4.69) is 28.2 Å². The van der Waals surface area contributed by atoms with Crippen molar-refractivity contribution in [2.45, 2.75) is 10.1 Å². The second kappa shape index (κ2) is 5.29. The fourth-order valence-corrected chi connectivity index (χ4v) is 5.16. The van der Waals surface area contributed by atoms with Crippen LogP contribution in [0.1, 0.15) is 5.01 Å². The van der Waals surface area contributed by atoms with E-state index in [1.54, 1.807) is 34.4 Å². The molecule has 104 valence electrons. The van der Waals surface area contributed by atoms with Gasteiger partial charge in [-0.15, -0.1) is 22.7 Å². The second-order valence-corrected chi connectivity index (χ2v) is 7.94. The molecule has 0 aliphatic rings. The Morgan fingerprint density at radius 3 is 2.71 bits per heavy atom. The summed E-state index contributed by atoms with van der Waals surface area (Å²) in [4.78, 5) is 9.28. The maximum absolute atomic E-state index is 5.80. The van der Waals surface area contributed by atoms with Crippen LogP contribution in [0.3, 0.4) is 0 Å². The van der Waals surface area contributed by atoms with Gasteiger partial charge in [-0.3, -0.25) is 0 Å². The highest BCUT2D eigenvalue weighted by Crippen LogP contribution is 2.34. The van der Waals surface area contributed by atoms with Gasteiger partial charge in [-0.2, -0.15) is 0 Å². The van der Waals surface area contributed by atoms with Crippen LogP contribution in [0.2, 0.25) is 0 Å². The summed E-state index contributed by atoms with van der Waals surface area (Å²) in [5.74, 6) is 0.856. The monoisotopic (exact) mass is 329 g/mol. The van der Waals surface area contributed by atoms with E-state index in [1.807, 2.05) is 24.3 Å². The first-order valence-electron chi connectivity index (χ1n) is 6.41. The van der Waals surface area contributed by atoms with Gasteiger partial charge in [0.05, 0.1) is 26.2 Å². The Balaban J connectivity index is 1.57. The highest BCUT2D eigenvalue weighted by molar-refractivity contribution is 8.00. The van der Waals surface area contributed by atoms with Crippen molar-refractivity contribution in [3.8, 4) is 0 Å². The molecule has 4 aromatic rings. The molecule has 0 radical (unpaired) electrons. The minimum absolute atomic E-state index is 0.786. The van der Waals surface area contributed by atoms with Crippen molar-refractivity contribution in [1.29, 1.82) is 0 Å². The highest BCUT2D eigenvalue weighted by atomic mass is 32.2. The van der Waals surface area contributed by atoms with Crippen molar-refractivity contribution in [2.75, 3.05) is 5.73 Å². The molecular weight excluding hydrogens is 318 g/mol. The standard InChI is InChI=1S/C15H11N3S3/c16-9-5-6-11-13(7-9)21-15(18-11)19-8-14-17-10-3-1-2-4-12(10)20-14/h1-7H,8,16H2. The predicted molar refractivity (Wildman–Crippen MR) is 93.2 cm³/mol. The molecule has 4 rings (SSSR count). The van der Waals surface area contributed by atoms with E-state index in [1.165, 1.54) is 4.70 Å². The van der Waals surface area contributed by atoms with E-state index >= 15 is 0 Å². The molecule has 0 fully saturated rings. The number of benzene rings is 2. The third-order valence-electron chi connectivity index (χ3n) is 3.05. The van der Waals surface area contributed by atoms with Gasteiger partial charge in [0.25, 0.3) is 0 Å². The van der Waals surface area contributed by atoms with Gasteiger partial charge in [0.1, 0.15) is 5.01 Å². The van der Waals surface area contributed by atoms with E-state index in [4.69, 9.17) is 5.73 Å². The zero-order valence-corrected chi connectivity index (χ0v) is 13.4. The number of nitrogens with zero attached hydrogens (tertiary/aromatic N) is 2. The number of para-hydroxylation sites is 1. The number of rotatable bonds is 3. The summed E-state index contributed by atoms with van der Waals surface area (Å²) in [5, 5.41) is 1.14. The van der Waals surface area contributed by atoms with Gasteiger partial charge in [-0.05, 0) is 30.3 Å². The molecule has 21 heavy (non-hydrogen) atoms.